The molecule has 3 amide bonds. The van der Waals surface area contributed by atoms with Crippen LogP contribution in [0.2, 0.25) is 0 Å². The lowest BCUT2D eigenvalue weighted by Gasteiger charge is -2.35. The fourth-order valence-corrected chi connectivity index (χ4v) is 4.99. The summed E-state index contributed by atoms with van der Waals surface area (Å²) in [4.78, 5) is 26.1. The average Bonchev–Trinajstić information content (AvgIpc) is 3.30. The second-order valence-corrected chi connectivity index (χ2v) is 8.37. The molecular formula is C22H31N3O4. The maximum absolute atomic E-state index is 12.5. The predicted molar refractivity (Wildman–Crippen MR) is 109 cm³/mol. The lowest BCUT2D eigenvalue weighted by atomic mass is 9.82. The van der Waals surface area contributed by atoms with E-state index >= 15 is 0 Å². The first-order chi connectivity index (χ1) is 14.1. The van der Waals surface area contributed by atoms with Crippen LogP contribution in [0.3, 0.4) is 0 Å². The quantitative estimate of drug-likeness (QED) is 0.795. The number of hydrogen-bond donors (Lipinski definition) is 2. The Morgan fingerprint density at radius 2 is 2.03 bits per heavy atom. The molecule has 0 radical (unpaired) electrons. The van der Waals surface area contributed by atoms with Crippen LogP contribution in [0.25, 0.3) is 0 Å². The molecule has 1 aromatic rings. The largest absolute Gasteiger partial charge is 0.447 e. The second kappa shape index (κ2) is 8.61. The van der Waals surface area contributed by atoms with Crippen LogP contribution >= 0.6 is 0 Å². The van der Waals surface area contributed by atoms with Crippen LogP contribution in [0.15, 0.2) is 30.3 Å². The summed E-state index contributed by atoms with van der Waals surface area (Å²) in [7, 11) is 0. The number of carbonyl (C=O) groups is 2. The van der Waals surface area contributed by atoms with Crippen molar-refractivity contribution < 1.29 is 19.1 Å². The van der Waals surface area contributed by atoms with Crippen molar-refractivity contribution in [1.82, 2.24) is 15.5 Å². The smallest absolute Gasteiger partial charge is 0.407 e. The van der Waals surface area contributed by atoms with Crippen LogP contribution in [-0.4, -0.2) is 61.0 Å². The molecule has 7 heteroatoms. The maximum Gasteiger partial charge on any atom is 0.407 e. The summed E-state index contributed by atoms with van der Waals surface area (Å²) in [5.74, 6) is 0.600. The van der Waals surface area contributed by atoms with Crippen LogP contribution in [0, 0.1) is 0 Å². The molecular weight excluding hydrogens is 370 g/mol. The highest BCUT2D eigenvalue weighted by molar-refractivity contribution is 5.76. The van der Waals surface area contributed by atoms with Crippen LogP contribution in [-0.2, 0) is 9.47 Å². The van der Waals surface area contributed by atoms with Gasteiger partial charge in [-0.3, -0.25) is 0 Å². The molecule has 1 aliphatic carbocycles. The number of alkyl carbamates (subject to hydrolysis) is 1. The Kier molecular flexibility index (Phi) is 5.94. The molecule has 1 saturated carbocycles. The molecule has 4 rings (SSSR count). The Bertz CT molecular complexity index is 720. The van der Waals surface area contributed by atoms with Crippen molar-refractivity contribution in [3.63, 3.8) is 0 Å². The molecule has 29 heavy (non-hydrogen) atoms. The number of cyclic esters (lactones) is 1. The van der Waals surface area contributed by atoms with Gasteiger partial charge in [-0.05, 0) is 50.5 Å². The molecule has 1 spiro atoms. The van der Waals surface area contributed by atoms with E-state index in [1.54, 1.807) is 4.90 Å². The third kappa shape index (κ3) is 4.20. The molecule has 2 N–H and O–H groups in total. The Hall–Kier alpha value is -2.28. The summed E-state index contributed by atoms with van der Waals surface area (Å²) in [5, 5.41) is 5.83. The Balaban J connectivity index is 1.36. The molecule has 0 aromatic heterocycles. The highest BCUT2D eigenvalue weighted by atomic mass is 16.6. The Morgan fingerprint density at radius 1 is 1.28 bits per heavy atom. The van der Waals surface area contributed by atoms with Gasteiger partial charge in [-0.2, -0.15) is 0 Å². The number of benzene rings is 1. The number of amides is 3. The van der Waals surface area contributed by atoms with Gasteiger partial charge >= 0.3 is 12.1 Å². The third-order valence-corrected chi connectivity index (χ3v) is 6.65. The van der Waals surface area contributed by atoms with Gasteiger partial charge in [0.2, 0.25) is 0 Å². The zero-order valence-electron chi connectivity index (χ0n) is 17.1. The lowest BCUT2D eigenvalue weighted by Crippen LogP contribution is -2.58. The zero-order valence-corrected chi connectivity index (χ0v) is 17.1. The van der Waals surface area contributed by atoms with Crippen molar-refractivity contribution in [2.45, 2.75) is 62.6 Å². The van der Waals surface area contributed by atoms with E-state index in [1.807, 2.05) is 6.92 Å². The number of nitrogens with zero attached hydrogens (tertiary/aromatic N) is 1. The second-order valence-electron chi connectivity index (χ2n) is 8.37. The SMILES string of the molecule is CCNC(=O)N1CCC2(COC(=O)N2)C1COC1CCC(c2ccccc2)CC1. The summed E-state index contributed by atoms with van der Waals surface area (Å²) in [6, 6.07) is 10.4. The van der Waals surface area contributed by atoms with Crippen molar-refractivity contribution in [3.8, 4) is 0 Å². The van der Waals surface area contributed by atoms with E-state index in [4.69, 9.17) is 9.47 Å². The first-order valence-corrected chi connectivity index (χ1v) is 10.8. The van der Waals surface area contributed by atoms with Gasteiger partial charge in [0.15, 0.2) is 0 Å². The summed E-state index contributed by atoms with van der Waals surface area (Å²) in [5.41, 5.74) is 0.873. The number of nitrogens with one attached hydrogen (secondary N) is 2. The predicted octanol–water partition coefficient (Wildman–Crippen LogP) is 3.01. The fourth-order valence-electron chi connectivity index (χ4n) is 4.99. The van der Waals surface area contributed by atoms with E-state index in [9.17, 15) is 9.59 Å². The van der Waals surface area contributed by atoms with E-state index in [-0.39, 0.29) is 24.8 Å². The number of ether oxygens (including phenoxy) is 2. The van der Waals surface area contributed by atoms with Gasteiger partial charge in [-0.1, -0.05) is 30.3 Å². The summed E-state index contributed by atoms with van der Waals surface area (Å²) in [6.07, 6.45) is 4.74. The minimum Gasteiger partial charge on any atom is -0.447 e. The van der Waals surface area contributed by atoms with E-state index < -0.39 is 11.6 Å². The fraction of sp³-hybridized carbons (Fsp3) is 0.636. The minimum atomic E-state index is -0.538. The standard InChI is InChI=1S/C22H31N3O4/c1-2-23-20(26)25-13-12-22(15-29-21(27)24-22)19(25)14-28-18-10-8-17(9-11-18)16-6-4-3-5-7-16/h3-7,17-19H,2,8-15H2,1H3,(H,23,26)(H,24,27). The first-order valence-electron chi connectivity index (χ1n) is 10.8. The highest BCUT2D eigenvalue weighted by Gasteiger charge is 2.54. The number of rotatable bonds is 5. The van der Waals surface area contributed by atoms with Crippen LogP contribution in [0.4, 0.5) is 9.59 Å². The van der Waals surface area contributed by atoms with E-state index in [1.165, 1.54) is 5.56 Å². The normalized spacial score (nSPS) is 31.6. The molecule has 158 valence electrons. The van der Waals surface area contributed by atoms with Crippen molar-refractivity contribution in [3.05, 3.63) is 35.9 Å². The van der Waals surface area contributed by atoms with Crippen LogP contribution in [0.1, 0.15) is 50.5 Å². The van der Waals surface area contributed by atoms with Gasteiger partial charge in [0.25, 0.3) is 0 Å². The van der Waals surface area contributed by atoms with Gasteiger partial charge < -0.3 is 25.0 Å². The number of likely N-dealkylation sites (tertiary alicyclic amines) is 1. The molecule has 3 fully saturated rings. The van der Waals surface area contributed by atoms with E-state index in [2.05, 4.69) is 41.0 Å². The lowest BCUT2D eigenvalue weighted by molar-refractivity contribution is -0.0107. The van der Waals surface area contributed by atoms with Crippen molar-refractivity contribution in [2.24, 2.45) is 0 Å². The van der Waals surface area contributed by atoms with Crippen LogP contribution in [0.5, 0.6) is 0 Å². The van der Waals surface area contributed by atoms with Gasteiger partial charge in [0.05, 0.1) is 18.8 Å². The van der Waals surface area contributed by atoms with Crippen molar-refractivity contribution >= 4 is 12.1 Å². The monoisotopic (exact) mass is 401 g/mol. The number of urea groups is 1. The van der Waals surface area contributed by atoms with Gasteiger partial charge in [0.1, 0.15) is 12.1 Å². The maximum atomic E-state index is 12.5. The summed E-state index contributed by atoms with van der Waals surface area (Å²) >= 11 is 0. The summed E-state index contributed by atoms with van der Waals surface area (Å²) in [6.45, 7) is 3.77. The number of hydrogen-bond acceptors (Lipinski definition) is 4. The molecule has 2 heterocycles. The topological polar surface area (TPSA) is 79.9 Å². The Labute approximate surface area is 172 Å². The van der Waals surface area contributed by atoms with Gasteiger partial charge in [-0.15, -0.1) is 0 Å². The minimum absolute atomic E-state index is 0.105. The first kappa shape index (κ1) is 20.0. The number of carbonyl (C=O) groups excluding carboxylic acids is 2. The van der Waals surface area contributed by atoms with Crippen LogP contribution < -0.4 is 10.6 Å². The van der Waals surface area contributed by atoms with Crippen molar-refractivity contribution in [2.75, 3.05) is 26.3 Å². The molecule has 0 bridgehead atoms. The zero-order chi connectivity index (χ0) is 20.3. The molecule has 7 nitrogen and oxygen atoms in total. The molecule has 3 aliphatic rings. The average molecular weight is 402 g/mol. The Morgan fingerprint density at radius 3 is 2.69 bits per heavy atom. The third-order valence-electron chi connectivity index (χ3n) is 6.65. The van der Waals surface area contributed by atoms with Gasteiger partial charge in [-0.25, -0.2) is 9.59 Å². The van der Waals surface area contributed by atoms with E-state index in [0.29, 0.717) is 32.0 Å². The molecule has 2 unspecified atom stereocenters. The van der Waals surface area contributed by atoms with E-state index in [0.717, 1.165) is 25.7 Å². The van der Waals surface area contributed by atoms with Gasteiger partial charge in [0, 0.05) is 13.1 Å². The highest BCUT2D eigenvalue weighted by Crippen LogP contribution is 2.36. The summed E-state index contributed by atoms with van der Waals surface area (Å²) < 4.78 is 11.5. The molecule has 2 atom stereocenters. The molecule has 2 saturated heterocycles. The molecule has 1 aromatic carbocycles. The molecule has 2 aliphatic heterocycles. The van der Waals surface area contributed by atoms with Crippen molar-refractivity contribution in [1.29, 1.82) is 0 Å².